The highest BCUT2D eigenvalue weighted by molar-refractivity contribution is 6.20. The lowest BCUT2D eigenvalue weighted by molar-refractivity contribution is -0.117. The maximum absolute atomic E-state index is 13.2. The first-order valence-electron chi connectivity index (χ1n) is 9.49. The molecular weight excluding hydrogens is 382 g/mol. The van der Waals surface area contributed by atoms with Gasteiger partial charge in [0, 0.05) is 11.3 Å². The number of Topliss-reactive ketones (excluding diaryl/α,β-unsaturated/α-hetero) is 1. The van der Waals surface area contributed by atoms with Crippen LogP contribution in [0.25, 0.3) is 0 Å². The van der Waals surface area contributed by atoms with Crippen LogP contribution < -0.4 is 9.64 Å². The largest absolute Gasteiger partial charge is 0.503 e. The van der Waals surface area contributed by atoms with Crippen LogP contribution in [0.1, 0.15) is 33.3 Å². The summed E-state index contributed by atoms with van der Waals surface area (Å²) in [6.07, 6.45) is 1.38. The molecule has 1 unspecified atom stereocenters. The van der Waals surface area contributed by atoms with Crippen molar-refractivity contribution in [2.45, 2.75) is 19.9 Å². The van der Waals surface area contributed by atoms with Gasteiger partial charge in [-0.1, -0.05) is 30.3 Å². The summed E-state index contributed by atoms with van der Waals surface area (Å²) in [5.74, 6) is -1.23. The Labute approximate surface area is 174 Å². The Balaban J connectivity index is 1.96. The number of rotatable bonds is 5. The molecule has 0 saturated carbocycles. The number of para-hydroxylation sites is 1. The van der Waals surface area contributed by atoms with E-state index in [-0.39, 0.29) is 11.3 Å². The minimum atomic E-state index is -0.869. The average Bonchev–Trinajstić information content (AvgIpc) is 3.37. The number of carbonyl (C=O) groups is 2. The summed E-state index contributed by atoms with van der Waals surface area (Å²) in [4.78, 5) is 27.9. The first kappa shape index (κ1) is 19.5. The zero-order valence-electron chi connectivity index (χ0n) is 16.9. The molecule has 0 fully saturated rings. The molecule has 30 heavy (non-hydrogen) atoms. The minimum Gasteiger partial charge on any atom is -0.503 e. The molecule has 0 saturated heterocycles. The van der Waals surface area contributed by atoms with Gasteiger partial charge >= 0.3 is 0 Å². The quantitative estimate of drug-likeness (QED) is 0.625. The Hall–Kier alpha value is -3.80. The summed E-state index contributed by atoms with van der Waals surface area (Å²) in [5.41, 5.74) is 2.96. The zero-order valence-corrected chi connectivity index (χ0v) is 16.9. The molecular formula is C24H21NO5. The highest BCUT2D eigenvalue weighted by Gasteiger charge is 2.46. The van der Waals surface area contributed by atoms with Crippen LogP contribution in [0, 0.1) is 13.8 Å². The van der Waals surface area contributed by atoms with Crippen LogP contribution in [0.5, 0.6) is 5.75 Å². The van der Waals surface area contributed by atoms with Crippen molar-refractivity contribution in [3.8, 4) is 5.75 Å². The lowest BCUT2D eigenvalue weighted by Gasteiger charge is -2.29. The van der Waals surface area contributed by atoms with Crippen LogP contribution in [-0.2, 0) is 4.79 Å². The maximum Gasteiger partial charge on any atom is 0.294 e. The van der Waals surface area contributed by atoms with Crippen molar-refractivity contribution in [2.75, 3.05) is 12.0 Å². The number of ether oxygens (including phenoxy) is 1. The molecule has 1 aliphatic heterocycles. The number of methoxy groups -OCH3 is 1. The smallest absolute Gasteiger partial charge is 0.294 e. The van der Waals surface area contributed by atoms with Crippen LogP contribution in [0.3, 0.4) is 0 Å². The van der Waals surface area contributed by atoms with E-state index in [2.05, 4.69) is 0 Å². The van der Waals surface area contributed by atoms with E-state index in [0.717, 1.165) is 11.1 Å². The number of nitrogens with zero attached hydrogens (tertiary/aromatic N) is 1. The average molecular weight is 403 g/mol. The number of ketones is 1. The number of aryl methyl sites for hydroxylation is 2. The van der Waals surface area contributed by atoms with E-state index in [1.807, 2.05) is 32.0 Å². The van der Waals surface area contributed by atoms with Crippen molar-refractivity contribution in [3.63, 3.8) is 0 Å². The number of hydrogen-bond acceptors (Lipinski definition) is 5. The molecule has 2 heterocycles. The minimum absolute atomic E-state index is 0.0413. The van der Waals surface area contributed by atoms with Crippen molar-refractivity contribution in [1.29, 1.82) is 0 Å². The van der Waals surface area contributed by atoms with Gasteiger partial charge in [0.2, 0.25) is 5.78 Å². The summed E-state index contributed by atoms with van der Waals surface area (Å²) in [7, 11) is 1.52. The van der Waals surface area contributed by atoms with Gasteiger partial charge in [0.05, 0.1) is 25.0 Å². The van der Waals surface area contributed by atoms with Crippen molar-refractivity contribution < 1.29 is 23.8 Å². The molecule has 0 radical (unpaired) electrons. The maximum atomic E-state index is 13.2. The Morgan fingerprint density at radius 2 is 1.87 bits per heavy atom. The Morgan fingerprint density at radius 3 is 2.57 bits per heavy atom. The van der Waals surface area contributed by atoms with Gasteiger partial charge < -0.3 is 14.3 Å². The van der Waals surface area contributed by atoms with E-state index >= 15 is 0 Å². The van der Waals surface area contributed by atoms with Crippen LogP contribution in [-0.4, -0.2) is 23.9 Å². The second-order valence-electron chi connectivity index (χ2n) is 7.18. The molecule has 1 N–H and O–H groups in total. The summed E-state index contributed by atoms with van der Waals surface area (Å²) in [6, 6.07) is 15.1. The summed E-state index contributed by atoms with van der Waals surface area (Å²) < 4.78 is 10.8. The predicted octanol–water partition coefficient (Wildman–Crippen LogP) is 4.69. The fourth-order valence-corrected chi connectivity index (χ4v) is 3.79. The molecule has 6 heteroatoms. The molecule has 2 aromatic carbocycles. The van der Waals surface area contributed by atoms with Crippen molar-refractivity contribution in [1.82, 2.24) is 0 Å². The topological polar surface area (TPSA) is 80.0 Å². The fraction of sp³-hybridized carbons (Fsp3) is 0.167. The Kier molecular flexibility index (Phi) is 4.91. The van der Waals surface area contributed by atoms with Gasteiger partial charge in [-0.3, -0.25) is 14.5 Å². The first-order chi connectivity index (χ1) is 14.4. The number of carbonyl (C=O) groups excluding carboxylic acids is 2. The molecule has 0 aliphatic carbocycles. The Bertz CT molecular complexity index is 1160. The van der Waals surface area contributed by atoms with E-state index in [0.29, 0.717) is 17.0 Å². The lowest BCUT2D eigenvalue weighted by Crippen LogP contribution is -2.32. The number of anilines is 1. The summed E-state index contributed by atoms with van der Waals surface area (Å²) >= 11 is 0. The lowest BCUT2D eigenvalue weighted by atomic mass is 9.93. The second kappa shape index (κ2) is 7.55. The van der Waals surface area contributed by atoms with Gasteiger partial charge in [0.15, 0.2) is 11.5 Å². The molecule has 0 bridgehead atoms. The number of aliphatic hydroxyl groups excluding tert-OH is 1. The molecule has 1 atom stereocenters. The number of hydrogen-bond donors (Lipinski definition) is 1. The van der Waals surface area contributed by atoms with Gasteiger partial charge in [-0.05, 0) is 49.2 Å². The van der Waals surface area contributed by atoms with Gasteiger partial charge in [0.1, 0.15) is 5.75 Å². The molecule has 1 amide bonds. The van der Waals surface area contributed by atoms with Crippen molar-refractivity contribution in [3.05, 3.63) is 94.6 Å². The van der Waals surface area contributed by atoms with Crippen molar-refractivity contribution in [2.24, 2.45) is 0 Å². The zero-order chi connectivity index (χ0) is 21.4. The number of amides is 1. The highest BCUT2D eigenvalue weighted by Crippen LogP contribution is 2.45. The van der Waals surface area contributed by atoms with Gasteiger partial charge in [-0.2, -0.15) is 0 Å². The molecule has 3 aromatic rings. The van der Waals surface area contributed by atoms with Crippen LogP contribution >= 0.6 is 0 Å². The molecule has 4 rings (SSSR count). The third-order valence-corrected chi connectivity index (χ3v) is 5.26. The van der Waals surface area contributed by atoms with E-state index in [9.17, 15) is 14.7 Å². The van der Waals surface area contributed by atoms with Crippen molar-refractivity contribution >= 4 is 17.4 Å². The second-order valence-corrected chi connectivity index (χ2v) is 7.18. The van der Waals surface area contributed by atoms with E-state index in [1.165, 1.54) is 24.3 Å². The normalized spacial score (nSPS) is 16.3. The third-order valence-electron chi connectivity index (χ3n) is 5.26. The first-order valence-corrected chi connectivity index (χ1v) is 9.49. The molecule has 6 nitrogen and oxygen atoms in total. The summed E-state index contributed by atoms with van der Waals surface area (Å²) in [5, 5.41) is 10.8. The van der Waals surface area contributed by atoms with E-state index in [1.54, 1.807) is 30.3 Å². The van der Waals surface area contributed by atoms with Crippen LogP contribution in [0.15, 0.2) is 76.6 Å². The summed E-state index contributed by atoms with van der Waals surface area (Å²) in [6.45, 7) is 3.80. The standard InChI is InChI=1S/C24H21NO5/c1-14-10-11-15(2)17(13-14)25-21(16-7-4-5-8-18(16)29-3)20(23(27)24(25)28)22(26)19-9-6-12-30-19/h4-13,21,27H,1-3H3. The third kappa shape index (κ3) is 3.06. The molecule has 152 valence electrons. The van der Waals surface area contributed by atoms with Gasteiger partial charge in [0.25, 0.3) is 5.91 Å². The number of furan rings is 1. The van der Waals surface area contributed by atoms with Crippen LogP contribution in [0.2, 0.25) is 0 Å². The van der Waals surface area contributed by atoms with Gasteiger partial charge in [-0.15, -0.1) is 0 Å². The van der Waals surface area contributed by atoms with Gasteiger partial charge in [-0.25, -0.2) is 0 Å². The van der Waals surface area contributed by atoms with Crippen LogP contribution in [0.4, 0.5) is 5.69 Å². The molecule has 1 aliphatic rings. The number of benzene rings is 2. The monoisotopic (exact) mass is 403 g/mol. The van der Waals surface area contributed by atoms with E-state index in [4.69, 9.17) is 9.15 Å². The highest BCUT2D eigenvalue weighted by atomic mass is 16.5. The predicted molar refractivity (Wildman–Crippen MR) is 112 cm³/mol. The number of aliphatic hydroxyl groups is 1. The molecule has 0 spiro atoms. The SMILES string of the molecule is COc1ccccc1C1C(C(=O)c2ccco2)=C(O)C(=O)N1c1cc(C)ccc1C. The fourth-order valence-electron chi connectivity index (χ4n) is 3.79. The van der Waals surface area contributed by atoms with E-state index < -0.39 is 23.5 Å². The Morgan fingerprint density at radius 1 is 1.10 bits per heavy atom. The molecule has 1 aromatic heterocycles.